The standard InChI is InChI=1S/C12H8O2S/c1-7-12-9(6-11(13)14-7)8-4-2-3-5-10(8)15-12/h2-6H,1H3. The van der Waals surface area contributed by atoms with Crippen LogP contribution in [0.5, 0.6) is 0 Å². The average molecular weight is 216 g/mol. The van der Waals surface area contributed by atoms with Gasteiger partial charge in [-0.2, -0.15) is 0 Å². The first kappa shape index (κ1) is 8.68. The molecule has 74 valence electrons. The molecule has 2 aromatic heterocycles. The molecule has 0 amide bonds. The number of aryl methyl sites for hydroxylation is 1. The van der Waals surface area contributed by atoms with Crippen LogP contribution in [0.2, 0.25) is 0 Å². The topological polar surface area (TPSA) is 30.2 Å². The van der Waals surface area contributed by atoms with Gasteiger partial charge in [0.1, 0.15) is 5.76 Å². The van der Waals surface area contributed by atoms with Crippen molar-refractivity contribution in [1.82, 2.24) is 0 Å². The molecule has 0 aliphatic rings. The van der Waals surface area contributed by atoms with Crippen molar-refractivity contribution in [3.05, 3.63) is 46.5 Å². The summed E-state index contributed by atoms with van der Waals surface area (Å²) in [5.74, 6) is 0.707. The highest BCUT2D eigenvalue weighted by atomic mass is 32.1. The molecule has 0 bridgehead atoms. The van der Waals surface area contributed by atoms with Crippen LogP contribution in [0.15, 0.2) is 39.5 Å². The van der Waals surface area contributed by atoms with Crippen LogP contribution in [0.25, 0.3) is 20.2 Å². The lowest BCUT2D eigenvalue weighted by Gasteiger charge is -1.92. The molecule has 2 nitrogen and oxygen atoms in total. The van der Waals surface area contributed by atoms with E-state index in [4.69, 9.17) is 4.42 Å². The molecular weight excluding hydrogens is 208 g/mol. The normalized spacial score (nSPS) is 11.3. The Hall–Kier alpha value is -1.61. The molecule has 0 atom stereocenters. The molecule has 0 spiro atoms. The maximum atomic E-state index is 11.3. The Balaban J connectivity index is 2.66. The summed E-state index contributed by atoms with van der Waals surface area (Å²) in [5.41, 5.74) is -0.274. The van der Waals surface area contributed by atoms with E-state index in [9.17, 15) is 4.79 Å². The molecule has 0 saturated heterocycles. The molecule has 3 heteroatoms. The lowest BCUT2D eigenvalue weighted by atomic mass is 10.2. The summed E-state index contributed by atoms with van der Waals surface area (Å²) in [6.45, 7) is 1.83. The summed E-state index contributed by atoms with van der Waals surface area (Å²) in [6.07, 6.45) is 0. The van der Waals surface area contributed by atoms with Crippen LogP contribution in [0, 0.1) is 6.92 Å². The third-order valence-corrected chi connectivity index (χ3v) is 3.76. The van der Waals surface area contributed by atoms with Crippen LogP contribution >= 0.6 is 11.3 Å². The zero-order valence-corrected chi connectivity index (χ0v) is 8.93. The maximum absolute atomic E-state index is 11.3. The number of hydrogen-bond acceptors (Lipinski definition) is 3. The summed E-state index contributed by atoms with van der Waals surface area (Å²) in [7, 11) is 0. The Morgan fingerprint density at radius 3 is 2.87 bits per heavy atom. The highest BCUT2D eigenvalue weighted by Crippen LogP contribution is 2.34. The van der Waals surface area contributed by atoms with Gasteiger partial charge in [-0.1, -0.05) is 18.2 Å². The van der Waals surface area contributed by atoms with E-state index < -0.39 is 0 Å². The highest BCUT2D eigenvalue weighted by Gasteiger charge is 2.08. The van der Waals surface area contributed by atoms with Crippen LogP contribution in [0.1, 0.15) is 5.76 Å². The number of benzene rings is 1. The average Bonchev–Trinajstić information content (AvgIpc) is 2.57. The van der Waals surface area contributed by atoms with Gasteiger partial charge in [0.25, 0.3) is 0 Å². The second-order valence-corrected chi connectivity index (χ2v) is 4.51. The fraction of sp³-hybridized carbons (Fsp3) is 0.0833. The molecule has 0 fully saturated rings. The number of rotatable bonds is 0. The maximum Gasteiger partial charge on any atom is 0.336 e. The minimum absolute atomic E-state index is 0.274. The molecule has 0 unspecified atom stereocenters. The summed E-state index contributed by atoms with van der Waals surface area (Å²) in [4.78, 5) is 11.3. The van der Waals surface area contributed by atoms with E-state index in [1.165, 1.54) is 4.70 Å². The summed E-state index contributed by atoms with van der Waals surface area (Å²) < 4.78 is 7.33. The van der Waals surface area contributed by atoms with Crippen molar-refractivity contribution in [3.8, 4) is 0 Å². The van der Waals surface area contributed by atoms with Gasteiger partial charge in [0, 0.05) is 21.5 Å². The van der Waals surface area contributed by atoms with Gasteiger partial charge in [0.05, 0.1) is 4.70 Å². The van der Waals surface area contributed by atoms with Gasteiger partial charge in [0.2, 0.25) is 0 Å². The third-order valence-electron chi connectivity index (χ3n) is 2.47. The van der Waals surface area contributed by atoms with E-state index in [1.54, 1.807) is 17.4 Å². The van der Waals surface area contributed by atoms with E-state index in [-0.39, 0.29) is 5.63 Å². The van der Waals surface area contributed by atoms with Crippen LogP contribution in [0.3, 0.4) is 0 Å². The van der Waals surface area contributed by atoms with Gasteiger partial charge in [-0.05, 0) is 13.0 Å². The second-order valence-electron chi connectivity index (χ2n) is 3.46. The number of thiophene rings is 1. The SMILES string of the molecule is Cc1oc(=O)cc2c1sc1ccccc12. The molecule has 0 aliphatic carbocycles. The van der Waals surface area contributed by atoms with E-state index in [0.717, 1.165) is 15.5 Å². The van der Waals surface area contributed by atoms with E-state index in [0.29, 0.717) is 5.76 Å². The van der Waals surface area contributed by atoms with E-state index in [2.05, 4.69) is 6.07 Å². The van der Waals surface area contributed by atoms with Crippen LogP contribution in [-0.4, -0.2) is 0 Å². The Kier molecular flexibility index (Phi) is 1.70. The van der Waals surface area contributed by atoms with Gasteiger partial charge >= 0.3 is 5.63 Å². The summed E-state index contributed by atoms with van der Waals surface area (Å²) in [5, 5.41) is 2.14. The van der Waals surface area contributed by atoms with Gasteiger partial charge in [0.15, 0.2) is 0 Å². The van der Waals surface area contributed by atoms with Crippen molar-refractivity contribution in [2.75, 3.05) is 0 Å². The summed E-state index contributed by atoms with van der Waals surface area (Å²) >= 11 is 1.66. The molecule has 3 aromatic rings. The zero-order chi connectivity index (χ0) is 10.4. The molecule has 0 saturated carbocycles. The predicted octanol–water partition coefficient (Wildman–Crippen LogP) is 3.32. The first-order valence-electron chi connectivity index (χ1n) is 4.68. The fourth-order valence-electron chi connectivity index (χ4n) is 1.81. The molecule has 2 heterocycles. The van der Waals surface area contributed by atoms with Crippen molar-refractivity contribution in [3.63, 3.8) is 0 Å². The van der Waals surface area contributed by atoms with Gasteiger partial charge < -0.3 is 4.42 Å². The van der Waals surface area contributed by atoms with Gasteiger partial charge in [-0.15, -0.1) is 11.3 Å². The lowest BCUT2D eigenvalue weighted by Crippen LogP contribution is -1.95. The molecule has 0 radical (unpaired) electrons. The van der Waals surface area contributed by atoms with E-state index in [1.807, 2.05) is 25.1 Å². The van der Waals surface area contributed by atoms with Crippen molar-refractivity contribution in [1.29, 1.82) is 0 Å². The quantitative estimate of drug-likeness (QED) is 0.577. The Morgan fingerprint density at radius 1 is 1.20 bits per heavy atom. The van der Waals surface area contributed by atoms with Crippen molar-refractivity contribution in [2.24, 2.45) is 0 Å². The Bertz CT molecular complexity index is 706. The Morgan fingerprint density at radius 2 is 2.00 bits per heavy atom. The largest absolute Gasteiger partial charge is 0.427 e. The van der Waals surface area contributed by atoms with E-state index >= 15 is 0 Å². The van der Waals surface area contributed by atoms with Crippen molar-refractivity contribution >= 4 is 31.5 Å². The fourth-order valence-corrected chi connectivity index (χ4v) is 2.93. The summed E-state index contributed by atoms with van der Waals surface area (Å²) in [6, 6.07) is 9.65. The lowest BCUT2D eigenvalue weighted by molar-refractivity contribution is 0.489. The second kappa shape index (κ2) is 2.94. The molecular formula is C12H8O2S. The first-order valence-corrected chi connectivity index (χ1v) is 5.49. The third kappa shape index (κ3) is 1.20. The number of hydrogen-bond donors (Lipinski definition) is 0. The van der Waals surface area contributed by atoms with Gasteiger partial charge in [-0.3, -0.25) is 0 Å². The monoisotopic (exact) mass is 216 g/mol. The van der Waals surface area contributed by atoms with Crippen molar-refractivity contribution in [2.45, 2.75) is 6.92 Å². The minimum Gasteiger partial charge on any atom is -0.427 e. The van der Waals surface area contributed by atoms with Crippen LogP contribution in [0.4, 0.5) is 0 Å². The predicted molar refractivity (Wildman–Crippen MR) is 62.6 cm³/mol. The minimum atomic E-state index is -0.274. The zero-order valence-electron chi connectivity index (χ0n) is 8.11. The molecule has 0 aliphatic heterocycles. The van der Waals surface area contributed by atoms with Crippen molar-refractivity contribution < 1.29 is 4.42 Å². The molecule has 3 rings (SSSR count). The van der Waals surface area contributed by atoms with Gasteiger partial charge in [-0.25, -0.2) is 4.79 Å². The molecule has 15 heavy (non-hydrogen) atoms. The first-order chi connectivity index (χ1) is 7.25. The number of fused-ring (bicyclic) bond motifs is 3. The highest BCUT2D eigenvalue weighted by molar-refractivity contribution is 7.26. The van der Waals surface area contributed by atoms with Crippen LogP contribution in [-0.2, 0) is 0 Å². The smallest absolute Gasteiger partial charge is 0.336 e. The molecule has 1 aromatic carbocycles. The molecule has 0 N–H and O–H groups in total. The Labute approximate surface area is 89.8 Å². The van der Waals surface area contributed by atoms with Crippen LogP contribution < -0.4 is 5.63 Å².